The number of hydrogen-bond donors (Lipinski definition) is 2. The number of carboxylic acids is 1. The molecule has 0 unspecified atom stereocenters. The molecule has 1 aromatic carbocycles. The quantitative estimate of drug-likeness (QED) is 0.294. The predicted molar refractivity (Wildman–Crippen MR) is 156 cm³/mol. The van der Waals surface area contributed by atoms with Gasteiger partial charge in [0.2, 0.25) is 5.56 Å². The fraction of sp³-hybridized carbons (Fsp3) is 0.367. The highest BCUT2D eigenvalue weighted by Gasteiger charge is 2.36. The number of hydrogen-bond acceptors (Lipinski definition) is 8. The van der Waals surface area contributed by atoms with Gasteiger partial charge in [0.05, 0.1) is 11.4 Å². The molecular formula is C30H30N6O4S. The lowest BCUT2D eigenvalue weighted by Crippen LogP contribution is -2.34. The molecule has 1 atom stereocenters. The molecule has 1 fully saturated rings. The van der Waals surface area contributed by atoms with Crippen LogP contribution in [0.5, 0.6) is 5.75 Å². The average molecular weight is 571 g/mol. The number of nitrogens with one attached hydrogen (secondary N) is 1. The summed E-state index contributed by atoms with van der Waals surface area (Å²) in [5.41, 5.74) is 6.69. The monoisotopic (exact) mass is 570 g/mol. The van der Waals surface area contributed by atoms with Crippen LogP contribution in [-0.4, -0.2) is 53.6 Å². The van der Waals surface area contributed by atoms with Gasteiger partial charge in [-0.3, -0.25) is 14.5 Å². The van der Waals surface area contributed by atoms with Crippen molar-refractivity contribution in [2.45, 2.75) is 51.8 Å². The molecule has 210 valence electrons. The highest BCUT2D eigenvalue weighted by atomic mass is 32.1. The van der Waals surface area contributed by atoms with E-state index in [2.05, 4.69) is 43.8 Å². The highest BCUT2D eigenvalue weighted by molar-refractivity contribution is 7.17. The van der Waals surface area contributed by atoms with E-state index in [9.17, 15) is 14.7 Å². The third-order valence-corrected chi connectivity index (χ3v) is 9.09. The van der Waals surface area contributed by atoms with Crippen LogP contribution in [0.25, 0.3) is 32.5 Å². The fourth-order valence-electron chi connectivity index (χ4n) is 5.95. The summed E-state index contributed by atoms with van der Waals surface area (Å²) in [7, 11) is 1.82. The van der Waals surface area contributed by atoms with Crippen molar-refractivity contribution in [1.29, 1.82) is 0 Å². The summed E-state index contributed by atoms with van der Waals surface area (Å²) >= 11 is 1.68. The number of aromatic nitrogens is 5. The fourth-order valence-corrected chi connectivity index (χ4v) is 6.83. The van der Waals surface area contributed by atoms with E-state index in [0.717, 1.165) is 63.5 Å². The molecule has 2 aliphatic rings. The molecule has 0 spiro atoms. The molecule has 1 aliphatic heterocycles. The number of H-pyrrole nitrogens is 1. The van der Waals surface area contributed by atoms with E-state index >= 15 is 0 Å². The standard InChI is InChI=1S/C30H30N6O4S/c1-16-20(5-8-27(38)39)29(32-30-28(16)33-34-35(30)2)18-11-19(21-9-10-41-25(21)12-18)13-36-14-22-23(6-7-26(37)31-22)40-24(15-36)17-3-4-17/h6-7,9-12,17,24H,3-5,8,13-15H2,1-2H3,(H,31,37)(H,38,39)/t24-/m0/s1. The summed E-state index contributed by atoms with van der Waals surface area (Å²) in [6.07, 6.45) is 2.76. The summed E-state index contributed by atoms with van der Waals surface area (Å²) < 4.78 is 9.21. The number of benzene rings is 1. The lowest BCUT2D eigenvalue weighted by Gasteiger charge is -2.24. The number of aryl methyl sites for hydroxylation is 2. The third kappa shape index (κ3) is 4.89. The van der Waals surface area contributed by atoms with E-state index in [1.54, 1.807) is 22.1 Å². The maximum Gasteiger partial charge on any atom is 0.303 e. The van der Waals surface area contributed by atoms with Crippen molar-refractivity contribution in [3.05, 3.63) is 68.4 Å². The SMILES string of the molecule is Cc1c(CCC(=O)O)c(-c2cc(CN3Cc4[nH]c(=O)ccc4O[C@H](C4CC4)C3)c3ccsc3c2)nc2c1nnn2C. The second kappa shape index (κ2) is 10.1. The van der Waals surface area contributed by atoms with Gasteiger partial charge < -0.3 is 14.8 Å². The Morgan fingerprint density at radius 3 is 2.90 bits per heavy atom. The van der Waals surface area contributed by atoms with Gasteiger partial charge in [-0.2, -0.15) is 0 Å². The van der Waals surface area contributed by atoms with Crippen molar-refractivity contribution in [2.75, 3.05) is 6.54 Å². The minimum absolute atomic E-state index is 0.00331. The van der Waals surface area contributed by atoms with E-state index in [-0.39, 0.29) is 18.1 Å². The Labute approximate surface area is 239 Å². The molecule has 5 heterocycles. The first-order valence-electron chi connectivity index (χ1n) is 13.9. The minimum atomic E-state index is -0.851. The zero-order valence-electron chi connectivity index (χ0n) is 22.9. The van der Waals surface area contributed by atoms with E-state index in [1.807, 2.05) is 14.0 Å². The number of aliphatic carboxylic acids is 1. The van der Waals surface area contributed by atoms with E-state index in [4.69, 9.17) is 9.72 Å². The molecule has 4 aromatic heterocycles. The highest BCUT2D eigenvalue weighted by Crippen LogP contribution is 2.39. The van der Waals surface area contributed by atoms with Crippen LogP contribution in [0.15, 0.2) is 40.5 Å². The van der Waals surface area contributed by atoms with Crippen molar-refractivity contribution in [1.82, 2.24) is 29.9 Å². The number of aromatic amines is 1. The number of rotatable bonds is 7. The Hall–Kier alpha value is -4.09. The first-order chi connectivity index (χ1) is 19.8. The molecule has 2 N–H and O–H groups in total. The topological polar surface area (TPSA) is 126 Å². The number of carboxylic acid groups (broad SMARTS) is 1. The smallest absolute Gasteiger partial charge is 0.303 e. The van der Waals surface area contributed by atoms with Gasteiger partial charge in [-0.15, -0.1) is 16.4 Å². The second-order valence-corrected chi connectivity index (χ2v) is 12.1. The maximum atomic E-state index is 12.2. The van der Waals surface area contributed by atoms with Crippen molar-refractivity contribution in [3.8, 4) is 17.0 Å². The van der Waals surface area contributed by atoms with Gasteiger partial charge in [-0.1, -0.05) is 5.21 Å². The van der Waals surface area contributed by atoms with Gasteiger partial charge in [0.1, 0.15) is 17.4 Å². The van der Waals surface area contributed by atoms with Gasteiger partial charge in [-0.25, -0.2) is 9.67 Å². The Morgan fingerprint density at radius 1 is 1.24 bits per heavy atom. The Kier molecular flexibility index (Phi) is 6.35. The molecule has 41 heavy (non-hydrogen) atoms. The molecule has 7 rings (SSSR count). The van der Waals surface area contributed by atoms with E-state index < -0.39 is 5.97 Å². The van der Waals surface area contributed by atoms with Crippen LogP contribution in [0, 0.1) is 12.8 Å². The first kappa shape index (κ1) is 25.8. The van der Waals surface area contributed by atoms with Crippen LogP contribution in [0.2, 0.25) is 0 Å². The summed E-state index contributed by atoms with van der Waals surface area (Å²) in [4.78, 5) is 34.1. The molecule has 1 saturated carbocycles. The molecule has 0 amide bonds. The molecule has 0 radical (unpaired) electrons. The van der Waals surface area contributed by atoms with Crippen LogP contribution in [-0.2, 0) is 31.4 Å². The van der Waals surface area contributed by atoms with E-state index in [0.29, 0.717) is 36.6 Å². The first-order valence-corrected chi connectivity index (χ1v) is 14.7. The molecule has 5 aromatic rings. The number of thiophene rings is 1. The van der Waals surface area contributed by atoms with E-state index in [1.165, 1.54) is 11.5 Å². The number of ether oxygens (including phenoxy) is 1. The van der Waals surface area contributed by atoms with Gasteiger partial charge >= 0.3 is 5.97 Å². The van der Waals surface area contributed by atoms with Crippen molar-refractivity contribution < 1.29 is 14.6 Å². The third-order valence-electron chi connectivity index (χ3n) is 8.23. The summed E-state index contributed by atoms with van der Waals surface area (Å²) in [5, 5.41) is 21.2. The normalized spacial score (nSPS) is 17.5. The zero-order chi connectivity index (χ0) is 28.2. The van der Waals surface area contributed by atoms with Crippen molar-refractivity contribution in [3.63, 3.8) is 0 Å². The molecule has 10 nitrogen and oxygen atoms in total. The molecule has 0 saturated heterocycles. The predicted octanol–water partition coefficient (Wildman–Crippen LogP) is 4.43. The molecular weight excluding hydrogens is 540 g/mol. The van der Waals surface area contributed by atoms with Crippen LogP contribution < -0.4 is 10.3 Å². The maximum absolute atomic E-state index is 12.2. The van der Waals surface area contributed by atoms with Crippen molar-refractivity contribution >= 4 is 38.6 Å². The Bertz CT molecular complexity index is 1870. The summed E-state index contributed by atoms with van der Waals surface area (Å²) in [5.74, 6) is 0.446. The number of pyridine rings is 2. The molecule has 11 heteroatoms. The van der Waals surface area contributed by atoms with Gasteiger partial charge in [-0.05, 0) is 83.8 Å². The zero-order valence-corrected chi connectivity index (χ0v) is 23.7. The lowest BCUT2D eigenvalue weighted by atomic mass is 9.95. The lowest BCUT2D eigenvalue weighted by molar-refractivity contribution is -0.136. The molecule has 1 aliphatic carbocycles. The number of nitrogens with zero attached hydrogens (tertiary/aromatic N) is 5. The van der Waals surface area contributed by atoms with Crippen LogP contribution in [0.1, 0.15) is 41.6 Å². The largest absolute Gasteiger partial charge is 0.487 e. The molecule has 0 bridgehead atoms. The van der Waals surface area contributed by atoms with Crippen molar-refractivity contribution in [2.24, 2.45) is 13.0 Å². The Morgan fingerprint density at radius 2 is 2.10 bits per heavy atom. The van der Waals surface area contributed by atoms with Crippen LogP contribution in [0.4, 0.5) is 0 Å². The Balaban J connectivity index is 1.32. The average Bonchev–Trinajstić information content (AvgIpc) is 3.60. The summed E-state index contributed by atoms with van der Waals surface area (Å²) in [6, 6.07) is 9.81. The van der Waals surface area contributed by atoms with Gasteiger partial charge in [0.25, 0.3) is 0 Å². The van der Waals surface area contributed by atoms with Gasteiger partial charge in [0, 0.05) is 49.4 Å². The number of fused-ring (bicyclic) bond motifs is 3. The summed E-state index contributed by atoms with van der Waals surface area (Å²) in [6.45, 7) is 3.99. The van der Waals surface area contributed by atoms with Crippen LogP contribution >= 0.6 is 11.3 Å². The number of carbonyl (C=O) groups is 1. The second-order valence-electron chi connectivity index (χ2n) is 11.1. The van der Waals surface area contributed by atoms with Crippen LogP contribution in [0.3, 0.4) is 0 Å². The minimum Gasteiger partial charge on any atom is -0.487 e. The van der Waals surface area contributed by atoms with Gasteiger partial charge in [0.15, 0.2) is 5.65 Å².